The third-order valence-electron chi connectivity index (χ3n) is 5.92. The zero-order valence-electron chi connectivity index (χ0n) is 18.4. The fraction of sp³-hybridized carbons (Fsp3) is 0.143. The summed E-state index contributed by atoms with van der Waals surface area (Å²) < 4.78 is 0. The number of phenols is 6. The number of rotatable bonds is 7. The van der Waals surface area contributed by atoms with Crippen molar-refractivity contribution in [2.45, 2.75) is 25.7 Å². The Morgan fingerprint density at radius 3 is 1.09 bits per heavy atom. The SMILES string of the molecule is Oc1ccc(CCc2cc(O)c(-c3cc(O)c(CCc4ccc(O)cc4)cc3O)cc2O)cc1. The van der Waals surface area contributed by atoms with E-state index >= 15 is 0 Å². The first-order chi connectivity index (χ1) is 16.3. The number of benzene rings is 4. The molecule has 0 aromatic heterocycles. The fourth-order valence-electron chi connectivity index (χ4n) is 3.96. The number of phenolic OH excluding ortho intramolecular Hbond substituents is 6. The maximum absolute atomic E-state index is 10.6. The molecule has 0 fully saturated rings. The van der Waals surface area contributed by atoms with E-state index in [9.17, 15) is 30.6 Å². The summed E-state index contributed by atoms with van der Waals surface area (Å²) in [7, 11) is 0. The van der Waals surface area contributed by atoms with Crippen molar-refractivity contribution in [2.75, 3.05) is 0 Å². The van der Waals surface area contributed by atoms with Crippen molar-refractivity contribution in [3.8, 4) is 45.6 Å². The molecule has 4 aromatic carbocycles. The van der Waals surface area contributed by atoms with Crippen LogP contribution in [0.5, 0.6) is 34.5 Å². The van der Waals surface area contributed by atoms with Crippen molar-refractivity contribution in [3.05, 3.63) is 95.1 Å². The van der Waals surface area contributed by atoms with Crippen molar-refractivity contribution in [1.29, 1.82) is 0 Å². The lowest BCUT2D eigenvalue weighted by Crippen LogP contribution is -1.94. The van der Waals surface area contributed by atoms with Crippen LogP contribution in [0.25, 0.3) is 11.1 Å². The number of aryl methyl sites for hydroxylation is 4. The number of hydrogen-bond acceptors (Lipinski definition) is 6. The van der Waals surface area contributed by atoms with Crippen molar-refractivity contribution >= 4 is 0 Å². The molecule has 0 saturated carbocycles. The van der Waals surface area contributed by atoms with Crippen LogP contribution in [0.3, 0.4) is 0 Å². The van der Waals surface area contributed by atoms with Gasteiger partial charge in [-0.3, -0.25) is 0 Å². The normalized spacial score (nSPS) is 10.9. The molecule has 6 nitrogen and oxygen atoms in total. The molecule has 6 heteroatoms. The van der Waals surface area contributed by atoms with E-state index in [-0.39, 0.29) is 45.6 Å². The predicted molar refractivity (Wildman–Crippen MR) is 130 cm³/mol. The van der Waals surface area contributed by atoms with Gasteiger partial charge in [0.05, 0.1) is 0 Å². The van der Waals surface area contributed by atoms with E-state index in [1.165, 1.54) is 24.3 Å². The second-order valence-corrected chi connectivity index (χ2v) is 8.33. The standard InChI is InChI=1S/C28H26O6/c29-21-9-3-17(4-10-21)1-7-19-13-27(33)23(15-25(19)31)24-16-26(32)20(14-28(24)34)8-2-18-5-11-22(30)12-6-18/h3-6,9-16,29-34H,1-2,7-8H2. The summed E-state index contributed by atoms with van der Waals surface area (Å²) in [6.07, 6.45) is 2.15. The fourth-order valence-corrected chi connectivity index (χ4v) is 3.96. The lowest BCUT2D eigenvalue weighted by atomic mass is 9.95. The van der Waals surface area contributed by atoms with Crippen molar-refractivity contribution in [3.63, 3.8) is 0 Å². The molecule has 0 aliphatic carbocycles. The Bertz CT molecular complexity index is 1190. The van der Waals surface area contributed by atoms with Crippen LogP contribution in [0.4, 0.5) is 0 Å². The first-order valence-electron chi connectivity index (χ1n) is 11.0. The maximum atomic E-state index is 10.6. The van der Waals surface area contributed by atoms with Gasteiger partial charge in [0, 0.05) is 11.1 Å². The van der Waals surface area contributed by atoms with Gasteiger partial charge in [0.2, 0.25) is 0 Å². The minimum Gasteiger partial charge on any atom is -0.508 e. The molecule has 34 heavy (non-hydrogen) atoms. The molecule has 0 radical (unpaired) electrons. The number of aromatic hydroxyl groups is 6. The molecule has 0 amide bonds. The van der Waals surface area contributed by atoms with Gasteiger partial charge >= 0.3 is 0 Å². The molecule has 0 bridgehead atoms. The van der Waals surface area contributed by atoms with Gasteiger partial charge in [0.15, 0.2) is 0 Å². The molecule has 0 saturated heterocycles. The number of hydrogen-bond donors (Lipinski definition) is 6. The smallest absolute Gasteiger partial charge is 0.124 e. The average molecular weight is 459 g/mol. The Morgan fingerprint density at radius 2 is 0.735 bits per heavy atom. The molecule has 4 rings (SSSR count). The van der Waals surface area contributed by atoms with Crippen LogP contribution in [0.15, 0.2) is 72.8 Å². The summed E-state index contributed by atoms with van der Waals surface area (Å²) in [6, 6.07) is 19.3. The van der Waals surface area contributed by atoms with Crippen molar-refractivity contribution < 1.29 is 30.6 Å². The van der Waals surface area contributed by atoms with Crippen LogP contribution in [0.2, 0.25) is 0 Å². The molecule has 0 unspecified atom stereocenters. The summed E-state index contributed by atoms with van der Waals surface area (Å²) in [6.45, 7) is 0. The molecule has 0 aliphatic rings. The molecular formula is C28H26O6. The van der Waals surface area contributed by atoms with E-state index in [2.05, 4.69) is 0 Å². The van der Waals surface area contributed by atoms with Crippen LogP contribution in [-0.2, 0) is 25.7 Å². The second-order valence-electron chi connectivity index (χ2n) is 8.33. The van der Waals surface area contributed by atoms with Gasteiger partial charge in [-0.05, 0) is 96.5 Å². The van der Waals surface area contributed by atoms with Gasteiger partial charge in [-0.15, -0.1) is 0 Å². The van der Waals surface area contributed by atoms with Crippen molar-refractivity contribution in [1.82, 2.24) is 0 Å². The highest BCUT2D eigenvalue weighted by Gasteiger charge is 2.16. The van der Waals surface area contributed by atoms with Gasteiger partial charge in [-0.2, -0.15) is 0 Å². The van der Waals surface area contributed by atoms with E-state index < -0.39 is 0 Å². The van der Waals surface area contributed by atoms with Crippen LogP contribution >= 0.6 is 0 Å². The van der Waals surface area contributed by atoms with Crippen LogP contribution in [0.1, 0.15) is 22.3 Å². The Morgan fingerprint density at radius 1 is 0.382 bits per heavy atom. The Balaban J connectivity index is 1.52. The largest absolute Gasteiger partial charge is 0.508 e. The van der Waals surface area contributed by atoms with E-state index in [0.717, 1.165) is 11.1 Å². The van der Waals surface area contributed by atoms with Crippen LogP contribution in [0, 0.1) is 0 Å². The third-order valence-corrected chi connectivity index (χ3v) is 5.92. The zero-order valence-corrected chi connectivity index (χ0v) is 18.4. The summed E-state index contributed by atoms with van der Waals surface area (Å²) >= 11 is 0. The summed E-state index contributed by atoms with van der Waals surface area (Å²) in [5, 5.41) is 61.1. The molecule has 0 spiro atoms. The summed E-state index contributed by atoms with van der Waals surface area (Å²) in [4.78, 5) is 0. The van der Waals surface area contributed by atoms with Gasteiger partial charge in [0.25, 0.3) is 0 Å². The lowest BCUT2D eigenvalue weighted by molar-refractivity contribution is 0.449. The van der Waals surface area contributed by atoms with Crippen molar-refractivity contribution in [2.24, 2.45) is 0 Å². The van der Waals surface area contributed by atoms with Gasteiger partial charge in [-0.1, -0.05) is 24.3 Å². The first kappa shape index (κ1) is 22.9. The molecule has 0 heterocycles. The topological polar surface area (TPSA) is 121 Å². The maximum Gasteiger partial charge on any atom is 0.124 e. The van der Waals surface area contributed by atoms with E-state index in [0.29, 0.717) is 36.8 Å². The summed E-state index contributed by atoms with van der Waals surface area (Å²) in [5.74, 6) is 0.0740. The Hall–Kier alpha value is -4.32. The molecule has 4 aromatic rings. The highest BCUT2D eigenvalue weighted by atomic mass is 16.3. The first-order valence-corrected chi connectivity index (χ1v) is 11.0. The van der Waals surface area contributed by atoms with E-state index in [1.807, 2.05) is 0 Å². The monoisotopic (exact) mass is 458 g/mol. The van der Waals surface area contributed by atoms with Gasteiger partial charge in [-0.25, -0.2) is 0 Å². The lowest BCUT2D eigenvalue weighted by Gasteiger charge is -2.14. The zero-order chi connectivity index (χ0) is 24.2. The molecule has 174 valence electrons. The molecular weight excluding hydrogens is 432 g/mol. The second kappa shape index (κ2) is 9.67. The highest BCUT2D eigenvalue weighted by molar-refractivity contribution is 5.79. The van der Waals surface area contributed by atoms with Crippen LogP contribution in [-0.4, -0.2) is 30.6 Å². The van der Waals surface area contributed by atoms with E-state index in [4.69, 9.17) is 0 Å². The Labute approximate surface area is 197 Å². The molecule has 0 atom stereocenters. The summed E-state index contributed by atoms with van der Waals surface area (Å²) in [5.41, 5.74) is 3.47. The highest BCUT2D eigenvalue weighted by Crippen LogP contribution is 2.42. The quantitative estimate of drug-likeness (QED) is 0.213. The predicted octanol–water partition coefficient (Wildman–Crippen LogP) is 5.16. The van der Waals surface area contributed by atoms with E-state index in [1.54, 1.807) is 48.5 Å². The van der Waals surface area contributed by atoms with Gasteiger partial charge < -0.3 is 30.6 Å². The van der Waals surface area contributed by atoms with Crippen LogP contribution < -0.4 is 0 Å². The minimum absolute atomic E-state index is 0.0260. The average Bonchev–Trinajstić information content (AvgIpc) is 2.82. The van der Waals surface area contributed by atoms with Gasteiger partial charge in [0.1, 0.15) is 34.5 Å². The molecule has 6 N–H and O–H groups in total. The third kappa shape index (κ3) is 5.18. The minimum atomic E-state index is -0.120. The Kier molecular flexibility index (Phi) is 6.50. The molecule has 0 aliphatic heterocycles.